The summed E-state index contributed by atoms with van der Waals surface area (Å²) in [5, 5.41) is 0.407. The number of benzene rings is 3. The van der Waals surface area contributed by atoms with Gasteiger partial charge in [0.1, 0.15) is 23.0 Å². The Kier molecular flexibility index (Phi) is 5.86. The number of esters is 4. The topological polar surface area (TPSA) is 122 Å². The molecule has 4 rings (SSSR count). The summed E-state index contributed by atoms with van der Waals surface area (Å²) in [5.74, 6) is -2.75. The van der Waals surface area contributed by atoms with Gasteiger partial charge in [-0.1, -0.05) is 12.1 Å². The SMILES string of the molecule is CC(=O)Oc1cccc2c1-c1c(OC(C)=O)cc3c(OC(C)=O)c(C)cc(OC(C)=O)c3c1C2=O. The Morgan fingerprint density at radius 3 is 1.83 bits per heavy atom. The standard InChI is InChI=1S/C26H20O9/c1-11-9-19(33-13(3)28)22-17(26(11)35-15(5)30)10-20(34-14(4)29)23-21-16(25(31)24(22)23)7-6-8-18(21)32-12(2)27/h6-10H,1-5H3. The van der Waals surface area contributed by atoms with Crippen molar-refractivity contribution < 1.29 is 42.9 Å². The zero-order valence-electron chi connectivity index (χ0n) is 19.6. The second kappa shape index (κ2) is 8.68. The molecule has 0 fully saturated rings. The van der Waals surface area contributed by atoms with Gasteiger partial charge in [0, 0.05) is 60.7 Å². The third kappa shape index (κ3) is 4.12. The Morgan fingerprint density at radius 2 is 1.23 bits per heavy atom. The molecular weight excluding hydrogens is 456 g/mol. The molecule has 0 radical (unpaired) electrons. The fraction of sp³-hybridized carbons (Fsp3) is 0.192. The molecule has 35 heavy (non-hydrogen) atoms. The molecule has 0 heterocycles. The molecule has 1 aliphatic rings. The molecule has 0 saturated carbocycles. The van der Waals surface area contributed by atoms with Crippen molar-refractivity contribution in [3.05, 3.63) is 47.0 Å². The molecule has 178 valence electrons. The number of carbonyl (C=O) groups excluding carboxylic acids is 5. The summed E-state index contributed by atoms with van der Waals surface area (Å²) in [6.07, 6.45) is 0. The Morgan fingerprint density at radius 1 is 0.657 bits per heavy atom. The van der Waals surface area contributed by atoms with E-state index >= 15 is 0 Å². The predicted octanol–water partition coefficient (Wildman–Crippen LogP) is 4.06. The number of aryl methyl sites for hydroxylation is 1. The number of carbonyl (C=O) groups is 5. The second-order valence-electron chi connectivity index (χ2n) is 7.95. The molecule has 3 aromatic rings. The zero-order chi connectivity index (χ0) is 25.6. The van der Waals surface area contributed by atoms with Gasteiger partial charge in [-0.15, -0.1) is 0 Å². The van der Waals surface area contributed by atoms with E-state index in [0.29, 0.717) is 5.56 Å². The van der Waals surface area contributed by atoms with E-state index in [1.54, 1.807) is 19.1 Å². The first-order valence-corrected chi connectivity index (χ1v) is 10.6. The van der Waals surface area contributed by atoms with Crippen LogP contribution in [-0.2, 0) is 19.2 Å². The van der Waals surface area contributed by atoms with Crippen LogP contribution < -0.4 is 18.9 Å². The summed E-state index contributed by atoms with van der Waals surface area (Å²) in [6.45, 7) is 6.48. The Hall–Kier alpha value is -4.53. The summed E-state index contributed by atoms with van der Waals surface area (Å²) >= 11 is 0. The summed E-state index contributed by atoms with van der Waals surface area (Å²) < 4.78 is 21.7. The van der Waals surface area contributed by atoms with Crippen molar-refractivity contribution in [1.29, 1.82) is 0 Å². The first-order chi connectivity index (χ1) is 16.5. The van der Waals surface area contributed by atoms with Gasteiger partial charge in [-0.2, -0.15) is 0 Å². The van der Waals surface area contributed by atoms with Crippen LogP contribution in [0.25, 0.3) is 21.9 Å². The second-order valence-corrected chi connectivity index (χ2v) is 7.95. The molecule has 9 heteroatoms. The van der Waals surface area contributed by atoms with E-state index < -0.39 is 29.7 Å². The molecule has 0 amide bonds. The van der Waals surface area contributed by atoms with Gasteiger partial charge in [0.25, 0.3) is 0 Å². The number of rotatable bonds is 4. The van der Waals surface area contributed by atoms with E-state index in [9.17, 15) is 24.0 Å². The van der Waals surface area contributed by atoms with Gasteiger partial charge < -0.3 is 18.9 Å². The van der Waals surface area contributed by atoms with Crippen LogP contribution >= 0.6 is 0 Å². The monoisotopic (exact) mass is 476 g/mol. The van der Waals surface area contributed by atoms with Gasteiger partial charge in [0.15, 0.2) is 5.78 Å². The smallest absolute Gasteiger partial charge is 0.308 e. The molecular formula is C26H20O9. The molecule has 0 saturated heterocycles. The maximum absolute atomic E-state index is 13.7. The van der Waals surface area contributed by atoms with Crippen molar-refractivity contribution in [2.75, 3.05) is 0 Å². The molecule has 0 N–H and O–H groups in total. The van der Waals surface area contributed by atoms with E-state index in [1.807, 2.05) is 0 Å². The Balaban J connectivity index is 2.21. The van der Waals surface area contributed by atoms with Crippen molar-refractivity contribution in [2.24, 2.45) is 0 Å². The lowest BCUT2D eigenvalue weighted by molar-refractivity contribution is -0.133. The predicted molar refractivity (Wildman–Crippen MR) is 123 cm³/mol. The third-order valence-corrected chi connectivity index (χ3v) is 5.24. The van der Waals surface area contributed by atoms with Gasteiger partial charge in [0.2, 0.25) is 0 Å². The zero-order valence-corrected chi connectivity index (χ0v) is 19.6. The maximum atomic E-state index is 13.7. The van der Waals surface area contributed by atoms with Crippen LogP contribution in [0.1, 0.15) is 49.2 Å². The number of hydrogen-bond acceptors (Lipinski definition) is 9. The molecule has 9 nitrogen and oxygen atoms in total. The van der Waals surface area contributed by atoms with Crippen molar-refractivity contribution in [2.45, 2.75) is 34.6 Å². The van der Waals surface area contributed by atoms with Gasteiger partial charge in [-0.05, 0) is 30.7 Å². The molecule has 0 atom stereocenters. The first kappa shape index (κ1) is 23.6. The molecule has 0 aliphatic heterocycles. The summed E-state index contributed by atoms with van der Waals surface area (Å²) in [5.41, 5.74) is 1.14. The first-order valence-electron chi connectivity index (χ1n) is 10.6. The highest BCUT2D eigenvalue weighted by atomic mass is 16.5. The highest BCUT2D eigenvalue weighted by Crippen LogP contribution is 2.53. The van der Waals surface area contributed by atoms with Crippen molar-refractivity contribution in [1.82, 2.24) is 0 Å². The van der Waals surface area contributed by atoms with Crippen LogP contribution in [0, 0.1) is 6.92 Å². The highest BCUT2D eigenvalue weighted by molar-refractivity contribution is 6.30. The van der Waals surface area contributed by atoms with Crippen LogP contribution in [0.4, 0.5) is 0 Å². The van der Waals surface area contributed by atoms with Crippen LogP contribution in [0.15, 0.2) is 30.3 Å². The van der Waals surface area contributed by atoms with Crippen LogP contribution in [0.3, 0.4) is 0 Å². The molecule has 1 aliphatic carbocycles. The summed E-state index contributed by atoms with van der Waals surface area (Å²) in [7, 11) is 0. The van der Waals surface area contributed by atoms with Gasteiger partial charge in [-0.25, -0.2) is 0 Å². The Labute approximate surface area is 199 Å². The van der Waals surface area contributed by atoms with E-state index in [-0.39, 0.29) is 56.0 Å². The summed E-state index contributed by atoms with van der Waals surface area (Å²) in [6, 6.07) is 7.52. The van der Waals surface area contributed by atoms with Crippen molar-refractivity contribution in [3.8, 4) is 34.1 Å². The molecule has 0 spiro atoms. The lowest BCUT2D eigenvalue weighted by Crippen LogP contribution is -2.09. The quantitative estimate of drug-likeness (QED) is 0.317. The number of ether oxygens (including phenoxy) is 4. The Bertz CT molecular complexity index is 1480. The third-order valence-electron chi connectivity index (χ3n) is 5.24. The van der Waals surface area contributed by atoms with Gasteiger partial charge in [-0.3, -0.25) is 24.0 Å². The van der Waals surface area contributed by atoms with Crippen LogP contribution in [0.2, 0.25) is 0 Å². The molecule has 0 bridgehead atoms. The van der Waals surface area contributed by atoms with Crippen molar-refractivity contribution >= 4 is 40.4 Å². The van der Waals surface area contributed by atoms with Crippen molar-refractivity contribution in [3.63, 3.8) is 0 Å². The number of ketones is 1. The minimum absolute atomic E-state index is 0.0144. The minimum Gasteiger partial charge on any atom is -0.426 e. The average Bonchev–Trinajstić information content (AvgIpc) is 3.03. The largest absolute Gasteiger partial charge is 0.426 e. The normalized spacial score (nSPS) is 11.5. The number of fused-ring (bicyclic) bond motifs is 5. The van der Waals surface area contributed by atoms with Gasteiger partial charge >= 0.3 is 23.9 Å². The lowest BCUT2D eigenvalue weighted by Gasteiger charge is -2.18. The lowest BCUT2D eigenvalue weighted by atomic mass is 9.94. The molecule has 0 aromatic heterocycles. The van der Waals surface area contributed by atoms with E-state index in [1.165, 1.54) is 45.9 Å². The van der Waals surface area contributed by atoms with E-state index in [0.717, 1.165) is 0 Å². The van der Waals surface area contributed by atoms with E-state index in [4.69, 9.17) is 18.9 Å². The highest BCUT2D eigenvalue weighted by Gasteiger charge is 2.37. The minimum atomic E-state index is -0.667. The summed E-state index contributed by atoms with van der Waals surface area (Å²) in [4.78, 5) is 61.2. The molecule has 0 unspecified atom stereocenters. The van der Waals surface area contributed by atoms with Crippen LogP contribution in [-0.4, -0.2) is 29.7 Å². The fourth-order valence-corrected chi connectivity index (χ4v) is 4.22. The average molecular weight is 476 g/mol. The molecule has 3 aromatic carbocycles. The van der Waals surface area contributed by atoms with E-state index in [2.05, 4.69) is 0 Å². The fourth-order valence-electron chi connectivity index (χ4n) is 4.22. The van der Waals surface area contributed by atoms with Gasteiger partial charge in [0.05, 0.1) is 0 Å². The van der Waals surface area contributed by atoms with Crippen LogP contribution in [0.5, 0.6) is 23.0 Å². The number of hydrogen-bond donors (Lipinski definition) is 0. The maximum Gasteiger partial charge on any atom is 0.308 e.